The topological polar surface area (TPSA) is 71.9 Å². The van der Waals surface area contributed by atoms with Gasteiger partial charge in [-0.2, -0.15) is 0 Å². The maximum atomic E-state index is 12.1. The SMILES string of the molecule is C=C(OCC)c1cnc(C2(O)CCN(C(=O)OC(C)(C)C)C2)s1. The fourth-order valence-corrected chi connectivity index (χ4v) is 3.26. The van der Waals surface area contributed by atoms with Crippen LogP contribution in [0.2, 0.25) is 0 Å². The molecule has 0 saturated carbocycles. The Morgan fingerprint density at radius 1 is 1.57 bits per heavy atom. The molecule has 6 nitrogen and oxygen atoms in total. The molecule has 2 heterocycles. The van der Waals surface area contributed by atoms with Crippen molar-refractivity contribution >= 4 is 23.2 Å². The van der Waals surface area contributed by atoms with Crippen LogP contribution in [0.4, 0.5) is 4.79 Å². The molecule has 0 aliphatic carbocycles. The summed E-state index contributed by atoms with van der Waals surface area (Å²) in [6.07, 6.45) is 1.66. The summed E-state index contributed by atoms with van der Waals surface area (Å²) in [6, 6.07) is 0. The molecule has 128 valence electrons. The molecule has 1 fully saturated rings. The number of amides is 1. The first-order valence-electron chi connectivity index (χ1n) is 7.63. The van der Waals surface area contributed by atoms with Gasteiger partial charge in [-0.15, -0.1) is 11.3 Å². The van der Waals surface area contributed by atoms with Gasteiger partial charge in [0, 0.05) is 19.2 Å². The minimum atomic E-state index is -1.15. The van der Waals surface area contributed by atoms with Crippen LogP contribution >= 0.6 is 11.3 Å². The molecule has 1 saturated heterocycles. The molecule has 1 N–H and O–H groups in total. The van der Waals surface area contributed by atoms with E-state index in [0.717, 1.165) is 4.88 Å². The number of hydrogen-bond acceptors (Lipinski definition) is 6. The molecular weight excluding hydrogens is 316 g/mol. The lowest BCUT2D eigenvalue weighted by Crippen LogP contribution is -2.38. The lowest BCUT2D eigenvalue weighted by atomic mass is 10.1. The van der Waals surface area contributed by atoms with Gasteiger partial charge in [0.2, 0.25) is 0 Å². The van der Waals surface area contributed by atoms with Gasteiger partial charge in [0.25, 0.3) is 0 Å². The highest BCUT2D eigenvalue weighted by Gasteiger charge is 2.43. The van der Waals surface area contributed by atoms with Crippen molar-refractivity contribution in [3.8, 4) is 0 Å². The number of ether oxygens (including phenoxy) is 2. The highest BCUT2D eigenvalue weighted by atomic mass is 32.1. The smallest absolute Gasteiger partial charge is 0.410 e. The van der Waals surface area contributed by atoms with Gasteiger partial charge >= 0.3 is 6.09 Å². The molecule has 0 bridgehead atoms. The molecule has 0 aromatic carbocycles. The molecular formula is C16H24N2O4S. The molecule has 2 rings (SSSR count). The fraction of sp³-hybridized carbons (Fsp3) is 0.625. The van der Waals surface area contributed by atoms with Crippen LogP contribution in [0.3, 0.4) is 0 Å². The second-order valence-corrected chi connectivity index (χ2v) is 7.60. The number of β-amino-alcohol motifs (C(OH)–C–C–N with tert-alkyl or cyclic N) is 1. The van der Waals surface area contributed by atoms with Crippen molar-refractivity contribution in [3.05, 3.63) is 22.7 Å². The molecule has 1 unspecified atom stereocenters. The highest BCUT2D eigenvalue weighted by Crippen LogP contribution is 2.36. The summed E-state index contributed by atoms with van der Waals surface area (Å²) in [5, 5.41) is 11.4. The number of likely N-dealkylation sites (tertiary alicyclic amines) is 1. The Labute approximate surface area is 140 Å². The first-order valence-corrected chi connectivity index (χ1v) is 8.45. The molecule has 7 heteroatoms. The first kappa shape index (κ1) is 17.7. The van der Waals surface area contributed by atoms with E-state index in [9.17, 15) is 9.90 Å². The van der Waals surface area contributed by atoms with Gasteiger partial charge in [-0.3, -0.25) is 0 Å². The number of carbonyl (C=O) groups is 1. The third-order valence-electron chi connectivity index (χ3n) is 3.40. The van der Waals surface area contributed by atoms with E-state index in [1.807, 2.05) is 27.7 Å². The van der Waals surface area contributed by atoms with Gasteiger partial charge < -0.3 is 19.5 Å². The predicted octanol–water partition coefficient (Wildman–Crippen LogP) is 2.98. The number of hydrogen-bond donors (Lipinski definition) is 1. The number of nitrogens with zero attached hydrogens (tertiary/aromatic N) is 2. The summed E-state index contributed by atoms with van der Waals surface area (Å²) in [4.78, 5) is 18.7. The van der Waals surface area contributed by atoms with Gasteiger partial charge in [-0.25, -0.2) is 9.78 Å². The van der Waals surface area contributed by atoms with Gasteiger partial charge in [0.05, 0.1) is 18.0 Å². The van der Waals surface area contributed by atoms with E-state index >= 15 is 0 Å². The third-order valence-corrected chi connectivity index (χ3v) is 4.63. The van der Waals surface area contributed by atoms with Crippen molar-refractivity contribution in [2.24, 2.45) is 0 Å². The summed E-state index contributed by atoms with van der Waals surface area (Å²) >= 11 is 1.34. The summed E-state index contributed by atoms with van der Waals surface area (Å²) in [5.41, 5.74) is -1.70. The van der Waals surface area contributed by atoms with Crippen LogP contribution in [0, 0.1) is 0 Å². The van der Waals surface area contributed by atoms with E-state index in [1.165, 1.54) is 16.2 Å². The van der Waals surface area contributed by atoms with Gasteiger partial charge in [-0.05, 0) is 27.7 Å². The van der Waals surface area contributed by atoms with Crippen LogP contribution < -0.4 is 0 Å². The molecule has 1 amide bonds. The molecule has 1 atom stereocenters. The maximum Gasteiger partial charge on any atom is 0.410 e. The van der Waals surface area contributed by atoms with Crippen molar-refractivity contribution in [2.75, 3.05) is 19.7 Å². The van der Waals surface area contributed by atoms with E-state index in [2.05, 4.69) is 11.6 Å². The molecule has 1 aliphatic heterocycles. The van der Waals surface area contributed by atoms with Crippen molar-refractivity contribution in [3.63, 3.8) is 0 Å². The lowest BCUT2D eigenvalue weighted by Gasteiger charge is -2.25. The number of rotatable bonds is 4. The lowest BCUT2D eigenvalue weighted by molar-refractivity contribution is 0.0139. The van der Waals surface area contributed by atoms with E-state index in [0.29, 0.717) is 30.3 Å². The molecule has 23 heavy (non-hydrogen) atoms. The van der Waals surface area contributed by atoms with Crippen LogP contribution in [0.25, 0.3) is 5.76 Å². The predicted molar refractivity (Wildman–Crippen MR) is 89.1 cm³/mol. The van der Waals surface area contributed by atoms with Crippen LogP contribution in [-0.2, 0) is 15.1 Å². The quantitative estimate of drug-likeness (QED) is 0.853. The summed E-state index contributed by atoms with van der Waals surface area (Å²) < 4.78 is 10.7. The average Bonchev–Trinajstić information content (AvgIpc) is 3.04. The van der Waals surface area contributed by atoms with Gasteiger partial charge in [-0.1, -0.05) is 6.58 Å². The fourth-order valence-electron chi connectivity index (χ4n) is 2.31. The Kier molecular flexibility index (Phi) is 5.01. The molecule has 1 aromatic heterocycles. The highest BCUT2D eigenvalue weighted by molar-refractivity contribution is 7.12. The monoisotopic (exact) mass is 340 g/mol. The largest absolute Gasteiger partial charge is 0.493 e. The van der Waals surface area contributed by atoms with Gasteiger partial charge in [0.1, 0.15) is 22.0 Å². The number of aliphatic hydroxyl groups is 1. The number of thiazole rings is 1. The second kappa shape index (κ2) is 6.49. The first-order chi connectivity index (χ1) is 10.6. The van der Waals surface area contributed by atoms with E-state index in [1.54, 1.807) is 6.20 Å². The zero-order valence-corrected chi connectivity index (χ0v) is 14.9. The van der Waals surface area contributed by atoms with Crippen LogP contribution in [0.5, 0.6) is 0 Å². The zero-order valence-electron chi connectivity index (χ0n) is 14.1. The standard InChI is InChI=1S/C16H24N2O4S/c1-6-21-11(2)12-9-17-13(23-12)16(20)7-8-18(10-16)14(19)22-15(3,4)5/h9,20H,2,6-8,10H2,1,3-5H3. The van der Waals surface area contributed by atoms with Crippen LogP contribution in [0.1, 0.15) is 44.0 Å². The minimum Gasteiger partial charge on any atom is -0.493 e. The number of aromatic nitrogens is 1. The van der Waals surface area contributed by atoms with E-state index < -0.39 is 17.3 Å². The Bertz CT molecular complexity index is 593. The van der Waals surface area contributed by atoms with Crippen molar-refractivity contribution in [1.29, 1.82) is 0 Å². The van der Waals surface area contributed by atoms with Crippen molar-refractivity contribution in [2.45, 2.75) is 45.3 Å². The Balaban J connectivity index is 2.06. The second-order valence-electron chi connectivity index (χ2n) is 6.57. The van der Waals surface area contributed by atoms with Crippen molar-refractivity contribution < 1.29 is 19.4 Å². The maximum absolute atomic E-state index is 12.1. The normalized spacial score (nSPS) is 21.3. The zero-order chi connectivity index (χ0) is 17.3. The van der Waals surface area contributed by atoms with E-state index in [-0.39, 0.29) is 6.54 Å². The van der Waals surface area contributed by atoms with Crippen LogP contribution in [0.15, 0.2) is 12.8 Å². The summed E-state index contributed by atoms with van der Waals surface area (Å²) in [6.45, 7) is 12.3. The van der Waals surface area contributed by atoms with Gasteiger partial charge in [0.15, 0.2) is 0 Å². The van der Waals surface area contributed by atoms with E-state index in [4.69, 9.17) is 9.47 Å². The Morgan fingerprint density at radius 2 is 2.26 bits per heavy atom. The molecule has 1 aromatic rings. The number of carbonyl (C=O) groups excluding carboxylic acids is 1. The average molecular weight is 340 g/mol. The molecule has 0 radical (unpaired) electrons. The summed E-state index contributed by atoms with van der Waals surface area (Å²) in [5.74, 6) is 0.543. The van der Waals surface area contributed by atoms with Crippen molar-refractivity contribution in [1.82, 2.24) is 9.88 Å². The molecule has 0 spiro atoms. The molecule has 1 aliphatic rings. The Morgan fingerprint density at radius 3 is 2.87 bits per heavy atom. The Hall–Kier alpha value is -1.60. The van der Waals surface area contributed by atoms with Crippen LogP contribution in [-0.4, -0.2) is 46.4 Å². The third kappa shape index (κ3) is 4.23. The summed E-state index contributed by atoms with van der Waals surface area (Å²) in [7, 11) is 0. The minimum absolute atomic E-state index is 0.177.